The van der Waals surface area contributed by atoms with Crippen molar-refractivity contribution < 1.29 is 14.6 Å². The molecule has 116 valence electrons. The molecule has 0 radical (unpaired) electrons. The summed E-state index contributed by atoms with van der Waals surface area (Å²) in [6.07, 6.45) is 0.311. The number of nitrogens with zero attached hydrogens (tertiary/aromatic N) is 1. The first-order valence-electron chi connectivity index (χ1n) is 7.06. The zero-order valence-electron chi connectivity index (χ0n) is 13.3. The van der Waals surface area contributed by atoms with Crippen LogP contribution in [0.15, 0.2) is 18.2 Å². The molecule has 2 aromatic rings. The van der Waals surface area contributed by atoms with Crippen molar-refractivity contribution in [2.75, 3.05) is 7.11 Å². The number of benzene rings is 1. The second-order valence-electron chi connectivity index (χ2n) is 4.63. The van der Waals surface area contributed by atoms with Crippen LogP contribution in [0.4, 0.5) is 0 Å². The molecule has 1 aromatic heterocycles. The maximum Gasteiger partial charge on any atom is 0.320 e. The van der Waals surface area contributed by atoms with Gasteiger partial charge in [0.05, 0.1) is 12.6 Å². The summed E-state index contributed by atoms with van der Waals surface area (Å²) in [4.78, 5) is 10.9. The molecule has 21 heavy (non-hydrogen) atoms. The Labute approximate surface area is 125 Å². The summed E-state index contributed by atoms with van der Waals surface area (Å²) in [5.74, 6) is -0.211. The fourth-order valence-corrected chi connectivity index (χ4v) is 2.41. The lowest BCUT2D eigenvalue weighted by Crippen LogP contribution is -2.32. The number of methoxy groups -OCH3 is 1. The van der Waals surface area contributed by atoms with E-state index in [0.717, 1.165) is 27.9 Å². The molecule has 0 saturated carbocycles. The van der Waals surface area contributed by atoms with E-state index in [1.54, 1.807) is 7.11 Å². The fraction of sp³-hybridized carbons (Fsp3) is 0.438. The molecule has 3 N–H and O–H groups in total. The molecule has 5 nitrogen and oxygen atoms in total. The van der Waals surface area contributed by atoms with Crippen LogP contribution in [-0.2, 0) is 18.3 Å². The number of aromatic nitrogens is 1. The van der Waals surface area contributed by atoms with E-state index in [4.69, 9.17) is 15.6 Å². The standard InChI is InChI=1S/C14H18N2O3.C2H6/c1-8-10(7-11(15)14(17)18)9-5-4-6-12(19-3)13(9)16(8)2;1-2/h4-6,11H,7,15H2,1-3H3,(H,17,18);1-2H3. The van der Waals surface area contributed by atoms with Crippen molar-refractivity contribution >= 4 is 16.9 Å². The van der Waals surface area contributed by atoms with Gasteiger partial charge in [-0.05, 0) is 18.6 Å². The minimum Gasteiger partial charge on any atom is -0.495 e. The summed E-state index contributed by atoms with van der Waals surface area (Å²) in [6.45, 7) is 5.96. The van der Waals surface area contributed by atoms with Crippen molar-refractivity contribution in [3.05, 3.63) is 29.5 Å². The zero-order valence-corrected chi connectivity index (χ0v) is 13.3. The third-order valence-corrected chi connectivity index (χ3v) is 3.56. The van der Waals surface area contributed by atoms with Gasteiger partial charge < -0.3 is 20.1 Å². The van der Waals surface area contributed by atoms with E-state index in [0.29, 0.717) is 6.42 Å². The van der Waals surface area contributed by atoms with E-state index in [1.165, 1.54) is 0 Å². The van der Waals surface area contributed by atoms with Crippen LogP contribution in [0, 0.1) is 6.92 Å². The molecule has 0 amide bonds. The maximum absolute atomic E-state index is 10.9. The second kappa shape index (κ2) is 7.13. The highest BCUT2D eigenvalue weighted by Gasteiger charge is 2.20. The van der Waals surface area contributed by atoms with Crippen LogP contribution >= 0.6 is 0 Å². The Hall–Kier alpha value is -2.01. The van der Waals surface area contributed by atoms with E-state index >= 15 is 0 Å². The summed E-state index contributed by atoms with van der Waals surface area (Å²) >= 11 is 0. The van der Waals surface area contributed by atoms with Crippen LogP contribution in [0.5, 0.6) is 5.75 Å². The van der Waals surface area contributed by atoms with Gasteiger partial charge in [-0.3, -0.25) is 4.79 Å². The number of carboxylic acids is 1. The quantitative estimate of drug-likeness (QED) is 0.907. The minimum absolute atomic E-state index is 0.311. The number of nitrogens with two attached hydrogens (primary N) is 1. The van der Waals surface area contributed by atoms with Crippen LogP contribution in [0.25, 0.3) is 10.9 Å². The molecule has 1 heterocycles. The molecular weight excluding hydrogens is 268 g/mol. The molecule has 0 aliphatic carbocycles. The predicted molar refractivity (Wildman–Crippen MR) is 84.9 cm³/mol. The Bertz CT molecular complexity index is 632. The fourth-order valence-electron chi connectivity index (χ4n) is 2.41. The second-order valence-corrected chi connectivity index (χ2v) is 4.63. The van der Waals surface area contributed by atoms with E-state index in [9.17, 15) is 4.79 Å². The average molecular weight is 292 g/mol. The number of rotatable bonds is 4. The number of ether oxygens (including phenoxy) is 1. The number of carbonyl (C=O) groups is 1. The van der Waals surface area contributed by atoms with Crippen molar-refractivity contribution in [2.45, 2.75) is 33.2 Å². The zero-order chi connectivity index (χ0) is 16.2. The molecule has 0 aliphatic rings. The van der Waals surface area contributed by atoms with Crippen LogP contribution < -0.4 is 10.5 Å². The molecule has 1 aromatic carbocycles. The van der Waals surface area contributed by atoms with E-state index in [1.807, 2.05) is 50.6 Å². The molecule has 1 unspecified atom stereocenters. The highest BCUT2D eigenvalue weighted by Crippen LogP contribution is 2.32. The van der Waals surface area contributed by atoms with Gasteiger partial charge in [-0.25, -0.2) is 0 Å². The summed E-state index contributed by atoms with van der Waals surface area (Å²) in [5, 5.41) is 9.95. The molecule has 0 saturated heterocycles. The van der Waals surface area contributed by atoms with Crippen molar-refractivity contribution in [1.82, 2.24) is 4.57 Å². The van der Waals surface area contributed by atoms with Crippen LogP contribution in [0.2, 0.25) is 0 Å². The lowest BCUT2D eigenvalue weighted by molar-refractivity contribution is -0.138. The molecule has 1 atom stereocenters. The number of aryl methyl sites for hydroxylation is 1. The monoisotopic (exact) mass is 292 g/mol. The summed E-state index contributed by atoms with van der Waals surface area (Å²) in [7, 11) is 3.57. The average Bonchev–Trinajstić information content (AvgIpc) is 2.74. The first kappa shape index (κ1) is 17.0. The number of aliphatic carboxylic acids is 1. The number of carboxylic acid groups (broad SMARTS) is 1. The first-order valence-corrected chi connectivity index (χ1v) is 7.06. The number of para-hydroxylation sites is 1. The van der Waals surface area contributed by atoms with Gasteiger partial charge in [-0.15, -0.1) is 0 Å². The van der Waals surface area contributed by atoms with Gasteiger partial charge in [0.25, 0.3) is 0 Å². The minimum atomic E-state index is -0.987. The van der Waals surface area contributed by atoms with Crippen LogP contribution in [-0.4, -0.2) is 28.8 Å². The van der Waals surface area contributed by atoms with E-state index < -0.39 is 12.0 Å². The lowest BCUT2D eigenvalue weighted by atomic mass is 10.0. The summed E-state index contributed by atoms with van der Waals surface area (Å²) in [6, 6.07) is 4.86. The van der Waals surface area contributed by atoms with Crippen molar-refractivity contribution in [3.8, 4) is 5.75 Å². The third kappa shape index (κ3) is 3.19. The lowest BCUT2D eigenvalue weighted by Gasteiger charge is -2.07. The van der Waals surface area contributed by atoms with Gasteiger partial charge in [-0.2, -0.15) is 0 Å². The van der Waals surface area contributed by atoms with Gasteiger partial charge in [0, 0.05) is 24.5 Å². The van der Waals surface area contributed by atoms with E-state index in [-0.39, 0.29) is 0 Å². The highest BCUT2D eigenvalue weighted by molar-refractivity contribution is 5.91. The van der Waals surface area contributed by atoms with Crippen LogP contribution in [0.1, 0.15) is 25.1 Å². The topological polar surface area (TPSA) is 77.5 Å². The number of hydrogen-bond donors (Lipinski definition) is 2. The molecular formula is C16H24N2O3. The van der Waals surface area contributed by atoms with Gasteiger partial charge in [0.2, 0.25) is 0 Å². The third-order valence-electron chi connectivity index (χ3n) is 3.56. The highest BCUT2D eigenvalue weighted by atomic mass is 16.5. The van der Waals surface area contributed by atoms with Gasteiger partial charge in [0.1, 0.15) is 11.8 Å². The number of hydrogen-bond acceptors (Lipinski definition) is 3. The maximum atomic E-state index is 10.9. The Kier molecular flexibility index (Phi) is 5.79. The Morgan fingerprint density at radius 1 is 1.43 bits per heavy atom. The molecule has 0 bridgehead atoms. The molecule has 0 fully saturated rings. The molecule has 5 heteroatoms. The molecule has 2 rings (SSSR count). The largest absolute Gasteiger partial charge is 0.495 e. The normalized spacial score (nSPS) is 11.7. The van der Waals surface area contributed by atoms with Crippen molar-refractivity contribution in [2.24, 2.45) is 12.8 Å². The van der Waals surface area contributed by atoms with Crippen molar-refractivity contribution in [3.63, 3.8) is 0 Å². The molecule has 0 aliphatic heterocycles. The van der Waals surface area contributed by atoms with E-state index in [2.05, 4.69) is 0 Å². The summed E-state index contributed by atoms with van der Waals surface area (Å²) in [5.41, 5.74) is 8.59. The van der Waals surface area contributed by atoms with Crippen LogP contribution in [0.3, 0.4) is 0 Å². The first-order chi connectivity index (χ1) is 9.97. The SMILES string of the molecule is CC.COc1cccc2c(CC(N)C(=O)O)c(C)n(C)c12. The Morgan fingerprint density at radius 3 is 2.57 bits per heavy atom. The predicted octanol–water partition coefficient (Wildman–Crippen LogP) is 2.48. The molecule has 0 spiro atoms. The van der Waals surface area contributed by atoms with Gasteiger partial charge in [-0.1, -0.05) is 26.0 Å². The van der Waals surface area contributed by atoms with Gasteiger partial charge in [0.15, 0.2) is 0 Å². The number of fused-ring (bicyclic) bond motifs is 1. The van der Waals surface area contributed by atoms with Crippen molar-refractivity contribution in [1.29, 1.82) is 0 Å². The summed E-state index contributed by atoms with van der Waals surface area (Å²) < 4.78 is 7.37. The Balaban J connectivity index is 0.00000106. The van der Waals surface area contributed by atoms with Gasteiger partial charge >= 0.3 is 5.97 Å². The Morgan fingerprint density at radius 2 is 2.05 bits per heavy atom. The smallest absolute Gasteiger partial charge is 0.320 e.